The number of fused-ring (bicyclic) bond motifs is 5. The van der Waals surface area contributed by atoms with Crippen LogP contribution in [-0.4, -0.2) is 48.5 Å². The van der Waals surface area contributed by atoms with E-state index in [1.54, 1.807) is 0 Å². The van der Waals surface area contributed by atoms with Crippen LogP contribution < -0.4 is 0 Å². The molecule has 82 valence electrons. The molecule has 7 atom stereocenters. The first-order valence-electron chi connectivity index (χ1n) is 5.75. The molecular weight excluding hydrogens is 204 g/mol. The van der Waals surface area contributed by atoms with Crippen molar-refractivity contribution in [2.45, 2.75) is 24.4 Å². The first kappa shape index (κ1) is 7.32. The van der Waals surface area contributed by atoms with E-state index >= 15 is 0 Å². The maximum absolute atomic E-state index is 11.4. The lowest BCUT2D eigenvalue weighted by Crippen LogP contribution is -2.48. The smallest absolute Gasteiger partial charge is 0.320 e. The van der Waals surface area contributed by atoms with E-state index in [9.17, 15) is 14.7 Å². The van der Waals surface area contributed by atoms with Gasteiger partial charge >= 0.3 is 11.9 Å². The minimum Gasteiger partial charge on any atom is -0.393 e. The first-order chi connectivity index (χ1) is 8.00. The lowest BCUT2D eigenvalue weighted by Gasteiger charge is -2.27. The van der Waals surface area contributed by atoms with Crippen LogP contribution in [0, 0.1) is 11.8 Å². The summed E-state index contributed by atoms with van der Waals surface area (Å²) in [7, 11) is -1.58. The predicted octanol–water partition coefficient (Wildman–Crippen LogP) is -1.54. The Morgan fingerprint density at radius 2 is 2.13 bits per heavy atom. The summed E-state index contributed by atoms with van der Waals surface area (Å²) >= 11 is 0. The van der Waals surface area contributed by atoms with Crippen molar-refractivity contribution in [3.05, 3.63) is 0 Å². The van der Waals surface area contributed by atoms with Gasteiger partial charge in [-0.3, -0.25) is 9.59 Å². The van der Waals surface area contributed by atoms with Crippen molar-refractivity contribution >= 4 is 11.9 Å². The summed E-state index contributed by atoms with van der Waals surface area (Å²) in [5.41, 5.74) is 0. The number of carbonyl (C=O) groups excluding carboxylic acids is 2. The third-order valence-electron chi connectivity index (χ3n) is 3.31. The lowest BCUT2D eigenvalue weighted by molar-refractivity contribution is -0.157. The summed E-state index contributed by atoms with van der Waals surface area (Å²) in [4.78, 5) is 22.8. The minimum absolute atomic E-state index is 0.681. The van der Waals surface area contributed by atoms with Crippen molar-refractivity contribution in [3.63, 3.8) is 0 Å². The standard InChI is InChI=1S/C9H10O6/c1-13-7-4(10)5-2-3(6(7)14-5)9(12)15-8(2)11/h2-7,10H,1H3/t2?,3?,4?,5?,6-,7-/m0/s1/i1TD/t1?,2?,3?,4?,5?,6-,7-. The Morgan fingerprint density at radius 1 is 1.47 bits per heavy atom. The van der Waals surface area contributed by atoms with Crippen LogP contribution in [0.5, 0.6) is 0 Å². The van der Waals surface area contributed by atoms with Gasteiger partial charge in [0.05, 0.1) is 2.74 Å². The molecule has 0 aromatic heterocycles. The van der Waals surface area contributed by atoms with Gasteiger partial charge in [-0.15, -0.1) is 0 Å². The molecule has 2 bridgehead atoms. The molecule has 0 aromatic rings. The molecule has 3 heterocycles. The fraction of sp³-hybridized carbons (Fsp3) is 0.778. The topological polar surface area (TPSA) is 82.1 Å². The molecule has 6 heteroatoms. The van der Waals surface area contributed by atoms with Crippen molar-refractivity contribution in [2.24, 2.45) is 11.8 Å². The number of hydrogen-bond acceptors (Lipinski definition) is 6. The maximum Gasteiger partial charge on any atom is 0.320 e. The summed E-state index contributed by atoms with van der Waals surface area (Å²) in [6, 6.07) is 0. The van der Waals surface area contributed by atoms with Gasteiger partial charge in [-0.25, -0.2) is 0 Å². The first-order valence-corrected chi connectivity index (χ1v) is 4.59. The molecule has 6 nitrogen and oxygen atoms in total. The lowest BCUT2D eigenvalue weighted by atomic mass is 9.78. The quantitative estimate of drug-likeness (QED) is 0.423. The normalized spacial score (nSPS) is 56.1. The number of esters is 2. The maximum atomic E-state index is 11.4. The molecule has 3 rings (SSSR count). The second kappa shape index (κ2) is 2.78. The van der Waals surface area contributed by atoms with Crippen LogP contribution in [0.15, 0.2) is 0 Å². The molecule has 3 fully saturated rings. The SMILES string of the molecule is [2H]C([3H])O[C@H]1C(O)C2O[C@H]1C1C(=O)OC(=O)C21. The molecule has 0 aromatic carbocycles. The molecule has 0 aliphatic carbocycles. The van der Waals surface area contributed by atoms with Gasteiger partial charge in [0.1, 0.15) is 36.3 Å². The van der Waals surface area contributed by atoms with Crippen LogP contribution >= 0.6 is 0 Å². The molecule has 0 amide bonds. The highest BCUT2D eigenvalue weighted by Crippen LogP contribution is 2.48. The number of carbonyl (C=O) groups is 2. The molecule has 5 unspecified atom stereocenters. The van der Waals surface area contributed by atoms with Crippen LogP contribution in [0.1, 0.15) is 2.74 Å². The highest BCUT2D eigenvalue weighted by Gasteiger charge is 2.68. The van der Waals surface area contributed by atoms with Crippen molar-refractivity contribution in [3.8, 4) is 0 Å². The summed E-state index contributed by atoms with van der Waals surface area (Å²) < 4.78 is 28.7. The number of rotatable bonds is 1. The number of aliphatic hydroxyl groups is 1. The van der Waals surface area contributed by atoms with Crippen molar-refractivity contribution in [1.29, 1.82) is 0 Å². The second-order valence-corrected chi connectivity index (χ2v) is 3.95. The van der Waals surface area contributed by atoms with Crippen LogP contribution in [0.4, 0.5) is 0 Å². The van der Waals surface area contributed by atoms with E-state index in [0.29, 0.717) is 0 Å². The second-order valence-electron chi connectivity index (χ2n) is 3.95. The summed E-state index contributed by atoms with van der Waals surface area (Å²) in [5, 5.41) is 9.84. The Labute approximate surface area is 87.9 Å². The molecule has 15 heavy (non-hydrogen) atoms. The number of cyclic esters (lactones) is 2. The Balaban J connectivity index is 1.87. The van der Waals surface area contributed by atoms with E-state index in [2.05, 4.69) is 4.74 Å². The minimum atomic E-state index is -1.58. The highest BCUT2D eigenvalue weighted by atomic mass is 16.6. The van der Waals surface area contributed by atoms with Gasteiger partial charge < -0.3 is 19.3 Å². The van der Waals surface area contributed by atoms with Crippen LogP contribution in [0.3, 0.4) is 0 Å². The highest BCUT2D eigenvalue weighted by molar-refractivity contribution is 5.98. The van der Waals surface area contributed by atoms with Gasteiger partial charge in [0.15, 0.2) is 0 Å². The molecule has 3 aliphatic rings. The number of hydrogen-bond donors (Lipinski definition) is 1. The average molecular weight is 217 g/mol. The molecule has 0 radical (unpaired) electrons. The fourth-order valence-corrected chi connectivity index (χ4v) is 2.67. The van der Waals surface area contributed by atoms with Crippen LogP contribution in [0.2, 0.25) is 0 Å². The van der Waals surface area contributed by atoms with Gasteiger partial charge in [-0.05, 0) is 0 Å². The van der Waals surface area contributed by atoms with E-state index in [0.717, 1.165) is 0 Å². The largest absolute Gasteiger partial charge is 0.393 e. The zero-order chi connectivity index (χ0) is 12.3. The van der Waals surface area contributed by atoms with E-state index in [-0.39, 0.29) is 0 Å². The van der Waals surface area contributed by atoms with Gasteiger partial charge in [0, 0.05) is 7.06 Å². The van der Waals surface area contributed by atoms with Gasteiger partial charge in [-0.1, -0.05) is 0 Å². The Hall–Kier alpha value is -0.980. The monoisotopic (exact) mass is 217 g/mol. The van der Waals surface area contributed by atoms with Gasteiger partial charge in [0.2, 0.25) is 0 Å². The summed E-state index contributed by atoms with van der Waals surface area (Å²) in [6.07, 6.45) is -3.69. The summed E-state index contributed by atoms with van der Waals surface area (Å²) in [5.74, 6) is -2.92. The third-order valence-corrected chi connectivity index (χ3v) is 3.31. The summed E-state index contributed by atoms with van der Waals surface area (Å²) in [6.45, 7) is 0. The zero-order valence-corrected chi connectivity index (χ0v) is 7.53. The number of methoxy groups -OCH3 is 1. The van der Waals surface area contributed by atoms with Crippen molar-refractivity contribution < 1.29 is 31.6 Å². The van der Waals surface area contributed by atoms with E-state index in [1.807, 2.05) is 0 Å². The molecule has 3 aliphatic heterocycles. The third kappa shape index (κ3) is 0.940. The number of ether oxygens (including phenoxy) is 3. The zero-order valence-electron chi connectivity index (χ0n) is 9.53. The number of aliphatic hydroxyl groups excluding tert-OH is 1. The van der Waals surface area contributed by atoms with Gasteiger partial charge in [0.25, 0.3) is 0 Å². The molecular formula is C9H10O6. The molecule has 0 saturated carbocycles. The average Bonchev–Trinajstić information content (AvgIpc) is 2.82. The Morgan fingerprint density at radius 3 is 2.80 bits per heavy atom. The Bertz CT molecular complexity index is 386. The molecule has 0 spiro atoms. The Kier molecular flexibility index (Phi) is 1.36. The molecule has 1 N–H and O–H groups in total. The van der Waals surface area contributed by atoms with Gasteiger partial charge in [-0.2, -0.15) is 0 Å². The van der Waals surface area contributed by atoms with Crippen LogP contribution in [0.25, 0.3) is 0 Å². The van der Waals surface area contributed by atoms with Crippen molar-refractivity contribution in [1.82, 2.24) is 0 Å². The molecule has 3 saturated heterocycles. The van der Waals surface area contributed by atoms with E-state index in [1.165, 1.54) is 0 Å². The van der Waals surface area contributed by atoms with E-state index < -0.39 is 55.3 Å². The van der Waals surface area contributed by atoms with Crippen molar-refractivity contribution in [2.75, 3.05) is 7.06 Å². The van der Waals surface area contributed by atoms with E-state index in [4.69, 9.17) is 12.2 Å². The predicted molar refractivity (Wildman–Crippen MR) is 43.5 cm³/mol. The van der Waals surface area contributed by atoms with Crippen LogP contribution in [-0.2, 0) is 23.8 Å². The fourth-order valence-electron chi connectivity index (χ4n) is 2.67.